The number of nitrogens with zero attached hydrogens (tertiary/aromatic N) is 1. The van der Waals surface area contributed by atoms with Gasteiger partial charge >= 0.3 is 0 Å². The van der Waals surface area contributed by atoms with Crippen LogP contribution in [-0.2, 0) is 6.42 Å². The molecule has 1 aromatic heterocycles. The van der Waals surface area contributed by atoms with Crippen molar-refractivity contribution < 1.29 is 8.78 Å². The van der Waals surface area contributed by atoms with Gasteiger partial charge in [-0.1, -0.05) is 17.7 Å². The van der Waals surface area contributed by atoms with E-state index in [1.54, 1.807) is 6.07 Å². The number of hydrazine groups is 1. The predicted molar refractivity (Wildman–Crippen MR) is 69.4 cm³/mol. The fraction of sp³-hybridized carbons (Fsp3) is 0.154. The molecule has 0 fully saturated rings. The van der Waals surface area contributed by atoms with E-state index < -0.39 is 17.7 Å². The van der Waals surface area contributed by atoms with Crippen molar-refractivity contribution in [1.29, 1.82) is 0 Å². The van der Waals surface area contributed by atoms with Gasteiger partial charge in [-0.3, -0.25) is 16.3 Å². The number of hydrogen-bond donors (Lipinski definition) is 2. The van der Waals surface area contributed by atoms with Crippen LogP contribution in [0.3, 0.4) is 0 Å². The van der Waals surface area contributed by atoms with Crippen molar-refractivity contribution in [3.05, 3.63) is 64.4 Å². The highest BCUT2D eigenvalue weighted by Crippen LogP contribution is 2.24. The zero-order chi connectivity index (χ0) is 13.8. The summed E-state index contributed by atoms with van der Waals surface area (Å²) >= 11 is 5.94. The number of halogens is 3. The summed E-state index contributed by atoms with van der Waals surface area (Å²) in [5.41, 5.74) is 3.36. The van der Waals surface area contributed by atoms with Crippen LogP contribution in [0.15, 0.2) is 36.5 Å². The summed E-state index contributed by atoms with van der Waals surface area (Å²) in [5.74, 6) is 4.55. The Balaban J connectivity index is 2.27. The molecule has 0 radical (unpaired) electrons. The van der Waals surface area contributed by atoms with E-state index in [-0.39, 0.29) is 10.7 Å². The summed E-state index contributed by atoms with van der Waals surface area (Å²) in [6.45, 7) is 0. The minimum Gasteiger partial charge on any atom is -0.271 e. The number of pyridine rings is 1. The SMILES string of the molecule is NNC(Cc1ccc(F)cc1Cl)c1ncccc1F. The van der Waals surface area contributed by atoms with Gasteiger partial charge < -0.3 is 0 Å². The van der Waals surface area contributed by atoms with Gasteiger partial charge in [-0.25, -0.2) is 8.78 Å². The molecule has 3 nitrogen and oxygen atoms in total. The summed E-state index contributed by atoms with van der Waals surface area (Å²) in [6, 6.07) is 6.31. The first-order chi connectivity index (χ1) is 9.11. The largest absolute Gasteiger partial charge is 0.271 e. The molecule has 1 unspecified atom stereocenters. The zero-order valence-corrected chi connectivity index (χ0v) is 10.7. The molecular formula is C13H12ClF2N3. The summed E-state index contributed by atoms with van der Waals surface area (Å²) in [6.07, 6.45) is 1.79. The van der Waals surface area contributed by atoms with E-state index in [9.17, 15) is 8.78 Å². The van der Waals surface area contributed by atoms with Crippen molar-refractivity contribution in [2.24, 2.45) is 5.84 Å². The van der Waals surface area contributed by atoms with Crippen molar-refractivity contribution in [2.75, 3.05) is 0 Å². The Bertz CT molecular complexity index is 578. The molecule has 0 amide bonds. The van der Waals surface area contributed by atoms with Crippen molar-refractivity contribution >= 4 is 11.6 Å². The van der Waals surface area contributed by atoms with Crippen LogP contribution in [0.4, 0.5) is 8.78 Å². The van der Waals surface area contributed by atoms with E-state index in [1.165, 1.54) is 30.5 Å². The minimum atomic E-state index is -0.538. The second kappa shape index (κ2) is 6.06. The van der Waals surface area contributed by atoms with Gasteiger partial charge in [-0.2, -0.15) is 0 Å². The van der Waals surface area contributed by atoms with Gasteiger partial charge in [0.15, 0.2) is 0 Å². The molecule has 6 heteroatoms. The second-order valence-corrected chi connectivity index (χ2v) is 4.44. The third-order valence-electron chi connectivity index (χ3n) is 2.76. The average Bonchev–Trinajstić information content (AvgIpc) is 2.39. The standard InChI is InChI=1S/C13H12ClF2N3/c14-10-7-9(15)4-3-8(10)6-12(19-17)13-11(16)2-1-5-18-13/h1-5,7,12,19H,6,17H2. The molecule has 0 aliphatic carbocycles. The van der Waals surface area contributed by atoms with Gasteiger partial charge in [0.1, 0.15) is 11.6 Å². The first kappa shape index (κ1) is 13.9. The molecule has 0 aliphatic rings. The molecule has 100 valence electrons. The van der Waals surface area contributed by atoms with Gasteiger partial charge in [0.25, 0.3) is 0 Å². The van der Waals surface area contributed by atoms with Gasteiger partial charge in [-0.15, -0.1) is 0 Å². The highest BCUT2D eigenvalue weighted by molar-refractivity contribution is 6.31. The van der Waals surface area contributed by atoms with Gasteiger partial charge in [-0.05, 0) is 36.2 Å². The number of hydrogen-bond acceptors (Lipinski definition) is 3. The Kier molecular flexibility index (Phi) is 4.42. The number of rotatable bonds is 4. The summed E-state index contributed by atoms with van der Waals surface area (Å²) in [4.78, 5) is 3.96. The molecule has 0 saturated carbocycles. The van der Waals surface area contributed by atoms with E-state index in [0.29, 0.717) is 12.0 Å². The van der Waals surface area contributed by atoms with Crippen LogP contribution in [0.25, 0.3) is 0 Å². The second-order valence-electron chi connectivity index (χ2n) is 4.03. The Morgan fingerprint density at radius 1 is 1.32 bits per heavy atom. The molecule has 1 aromatic carbocycles. The van der Waals surface area contributed by atoms with Gasteiger partial charge in [0.05, 0.1) is 11.7 Å². The smallest absolute Gasteiger partial charge is 0.146 e. The van der Waals surface area contributed by atoms with Crippen molar-refractivity contribution in [3.8, 4) is 0 Å². The van der Waals surface area contributed by atoms with Crippen LogP contribution in [0.1, 0.15) is 17.3 Å². The van der Waals surface area contributed by atoms with Crippen LogP contribution in [0, 0.1) is 11.6 Å². The topological polar surface area (TPSA) is 50.9 Å². The Morgan fingerprint density at radius 3 is 2.74 bits per heavy atom. The fourth-order valence-electron chi connectivity index (χ4n) is 1.80. The van der Waals surface area contributed by atoms with Crippen LogP contribution in [-0.4, -0.2) is 4.98 Å². The summed E-state index contributed by atoms with van der Waals surface area (Å²) in [5, 5.41) is 0.275. The number of benzene rings is 1. The van der Waals surface area contributed by atoms with E-state index in [0.717, 1.165) is 0 Å². The molecule has 0 spiro atoms. The third-order valence-corrected chi connectivity index (χ3v) is 3.11. The molecule has 2 aromatic rings. The van der Waals surface area contributed by atoms with E-state index in [4.69, 9.17) is 17.4 Å². The van der Waals surface area contributed by atoms with Crippen molar-refractivity contribution in [2.45, 2.75) is 12.5 Å². The highest BCUT2D eigenvalue weighted by Gasteiger charge is 2.17. The number of nitrogens with one attached hydrogen (secondary N) is 1. The average molecular weight is 284 g/mol. The molecule has 19 heavy (non-hydrogen) atoms. The van der Waals surface area contributed by atoms with E-state index in [1.807, 2.05) is 0 Å². The molecule has 0 aliphatic heterocycles. The Morgan fingerprint density at radius 2 is 2.11 bits per heavy atom. The maximum atomic E-state index is 13.6. The van der Waals surface area contributed by atoms with E-state index >= 15 is 0 Å². The van der Waals surface area contributed by atoms with Crippen molar-refractivity contribution in [1.82, 2.24) is 10.4 Å². The quantitative estimate of drug-likeness (QED) is 0.670. The molecule has 0 saturated heterocycles. The molecule has 0 bridgehead atoms. The molecule has 3 N–H and O–H groups in total. The first-order valence-electron chi connectivity index (χ1n) is 5.62. The lowest BCUT2D eigenvalue weighted by atomic mass is 10.0. The fourth-order valence-corrected chi connectivity index (χ4v) is 2.04. The highest BCUT2D eigenvalue weighted by atomic mass is 35.5. The van der Waals surface area contributed by atoms with Crippen molar-refractivity contribution in [3.63, 3.8) is 0 Å². The molecule has 2 rings (SSSR count). The zero-order valence-electron chi connectivity index (χ0n) is 9.91. The summed E-state index contributed by atoms with van der Waals surface area (Å²) in [7, 11) is 0. The van der Waals surface area contributed by atoms with Gasteiger partial charge in [0, 0.05) is 11.2 Å². The number of nitrogens with two attached hydrogens (primary N) is 1. The predicted octanol–water partition coefficient (Wildman–Crippen LogP) is 2.76. The maximum absolute atomic E-state index is 13.6. The van der Waals surface area contributed by atoms with Crippen LogP contribution in [0.2, 0.25) is 5.02 Å². The van der Waals surface area contributed by atoms with Crippen LogP contribution >= 0.6 is 11.6 Å². The lowest BCUT2D eigenvalue weighted by molar-refractivity contribution is 0.494. The molecule has 1 heterocycles. The Labute approximate surface area is 114 Å². The Hall–Kier alpha value is -1.56. The van der Waals surface area contributed by atoms with Crippen LogP contribution < -0.4 is 11.3 Å². The monoisotopic (exact) mass is 283 g/mol. The molecule has 1 atom stereocenters. The lowest BCUT2D eigenvalue weighted by Crippen LogP contribution is -2.31. The first-order valence-corrected chi connectivity index (χ1v) is 6.00. The number of aromatic nitrogens is 1. The molecular weight excluding hydrogens is 272 g/mol. The minimum absolute atomic E-state index is 0.199. The third kappa shape index (κ3) is 3.26. The normalized spacial score (nSPS) is 12.4. The lowest BCUT2D eigenvalue weighted by Gasteiger charge is -2.16. The van der Waals surface area contributed by atoms with Gasteiger partial charge in [0.2, 0.25) is 0 Å². The summed E-state index contributed by atoms with van der Waals surface area (Å²) < 4.78 is 26.6. The van der Waals surface area contributed by atoms with Crippen LogP contribution in [0.5, 0.6) is 0 Å². The van der Waals surface area contributed by atoms with E-state index in [2.05, 4.69) is 10.4 Å². The maximum Gasteiger partial charge on any atom is 0.146 e.